The predicted molar refractivity (Wildman–Crippen MR) is 78.2 cm³/mol. The number of halogens is 1. The van der Waals surface area contributed by atoms with Crippen LogP contribution in [0, 0.1) is 0 Å². The highest BCUT2D eigenvalue weighted by Gasteiger charge is 2.11. The number of phenolic OH excluding ortho intramolecular Hbond substituents is 1. The van der Waals surface area contributed by atoms with Crippen molar-refractivity contribution < 1.29 is 19.8 Å². The van der Waals surface area contributed by atoms with Gasteiger partial charge in [0.2, 0.25) is 0 Å². The first-order valence-corrected chi connectivity index (χ1v) is 6.71. The Morgan fingerprint density at radius 1 is 1.24 bits per heavy atom. The van der Waals surface area contributed by atoms with E-state index in [9.17, 15) is 14.7 Å². The van der Waals surface area contributed by atoms with Crippen LogP contribution < -0.4 is 5.32 Å². The van der Waals surface area contributed by atoms with E-state index in [2.05, 4.69) is 26.2 Å². The number of phenols is 1. The van der Waals surface area contributed by atoms with Gasteiger partial charge in [0.15, 0.2) is 0 Å². The smallest absolute Gasteiger partial charge is 0.335 e. The molecule has 0 bridgehead atoms. The molecule has 0 spiro atoms. The van der Waals surface area contributed by atoms with Gasteiger partial charge in [-0.25, -0.2) is 4.79 Å². The van der Waals surface area contributed by atoms with Gasteiger partial charge in [0, 0.05) is 10.7 Å². The minimum atomic E-state index is -1.06. The molecule has 1 heterocycles. The van der Waals surface area contributed by atoms with Gasteiger partial charge in [-0.2, -0.15) is 0 Å². The SMILES string of the molecule is O=C(O)c1ccnc(CNC(=O)c2ccc(Br)cc2O)c1. The van der Waals surface area contributed by atoms with Crippen LogP contribution in [0.25, 0.3) is 0 Å². The molecule has 1 amide bonds. The number of nitrogens with one attached hydrogen (secondary N) is 1. The fourth-order valence-corrected chi connectivity index (χ4v) is 2.02. The summed E-state index contributed by atoms with van der Waals surface area (Å²) in [7, 11) is 0. The first kappa shape index (κ1) is 15.0. The van der Waals surface area contributed by atoms with E-state index in [1.807, 2.05) is 0 Å². The van der Waals surface area contributed by atoms with Gasteiger partial charge in [0.25, 0.3) is 5.91 Å². The molecule has 0 radical (unpaired) electrons. The van der Waals surface area contributed by atoms with E-state index >= 15 is 0 Å². The summed E-state index contributed by atoms with van der Waals surface area (Å²) in [6.45, 7) is 0.0649. The highest BCUT2D eigenvalue weighted by atomic mass is 79.9. The summed E-state index contributed by atoms with van der Waals surface area (Å²) >= 11 is 3.19. The van der Waals surface area contributed by atoms with Crippen molar-refractivity contribution in [3.63, 3.8) is 0 Å². The third-order valence-corrected chi connectivity index (χ3v) is 3.19. The summed E-state index contributed by atoms with van der Waals surface area (Å²) < 4.78 is 0.660. The second-order valence-electron chi connectivity index (χ2n) is 4.19. The average molecular weight is 351 g/mol. The second kappa shape index (κ2) is 6.36. The fraction of sp³-hybridized carbons (Fsp3) is 0.0714. The summed E-state index contributed by atoms with van der Waals surface area (Å²) in [6.07, 6.45) is 1.36. The van der Waals surface area contributed by atoms with Crippen LogP contribution in [0.4, 0.5) is 0 Å². The van der Waals surface area contributed by atoms with Crippen molar-refractivity contribution in [2.75, 3.05) is 0 Å². The van der Waals surface area contributed by atoms with Gasteiger partial charge in [0.1, 0.15) is 5.75 Å². The van der Waals surface area contributed by atoms with Gasteiger partial charge in [-0.05, 0) is 30.3 Å². The summed E-state index contributed by atoms with van der Waals surface area (Å²) in [5.74, 6) is -1.67. The highest BCUT2D eigenvalue weighted by Crippen LogP contribution is 2.22. The molecule has 0 unspecified atom stereocenters. The van der Waals surface area contributed by atoms with Crippen LogP contribution in [0.5, 0.6) is 5.75 Å². The number of aromatic nitrogens is 1. The zero-order valence-electron chi connectivity index (χ0n) is 10.7. The van der Waals surface area contributed by atoms with Crippen LogP contribution in [0.2, 0.25) is 0 Å². The Morgan fingerprint density at radius 3 is 2.67 bits per heavy atom. The van der Waals surface area contributed by atoms with Gasteiger partial charge in [-0.1, -0.05) is 15.9 Å². The Labute approximate surface area is 128 Å². The fourth-order valence-electron chi connectivity index (χ4n) is 1.67. The van der Waals surface area contributed by atoms with Crippen molar-refractivity contribution in [1.29, 1.82) is 0 Å². The molecule has 7 heteroatoms. The number of pyridine rings is 1. The van der Waals surface area contributed by atoms with E-state index in [0.29, 0.717) is 10.2 Å². The van der Waals surface area contributed by atoms with E-state index in [4.69, 9.17) is 5.11 Å². The molecule has 2 rings (SSSR count). The van der Waals surface area contributed by atoms with Crippen LogP contribution in [-0.2, 0) is 6.54 Å². The lowest BCUT2D eigenvalue weighted by Gasteiger charge is -2.07. The lowest BCUT2D eigenvalue weighted by atomic mass is 10.2. The van der Waals surface area contributed by atoms with Crippen molar-refractivity contribution in [1.82, 2.24) is 10.3 Å². The Balaban J connectivity index is 2.07. The van der Waals surface area contributed by atoms with Gasteiger partial charge in [-0.15, -0.1) is 0 Å². The molecular formula is C14H11BrN2O4. The summed E-state index contributed by atoms with van der Waals surface area (Å²) in [6, 6.07) is 7.28. The van der Waals surface area contributed by atoms with Gasteiger partial charge in [-0.3, -0.25) is 9.78 Å². The monoisotopic (exact) mass is 350 g/mol. The van der Waals surface area contributed by atoms with Crippen molar-refractivity contribution >= 4 is 27.8 Å². The molecule has 108 valence electrons. The van der Waals surface area contributed by atoms with Crippen LogP contribution in [-0.4, -0.2) is 27.1 Å². The van der Waals surface area contributed by atoms with Crippen molar-refractivity contribution in [3.05, 3.63) is 57.8 Å². The molecule has 0 saturated carbocycles. The molecule has 1 aromatic carbocycles. The van der Waals surface area contributed by atoms with Crippen LogP contribution in [0.3, 0.4) is 0 Å². The molecule has 1 aromatic heterocycles. The predicted octanol–water partition coefficient (Wildman–Crippen LogP) is 2.18. The van der Waals surface area contributed by atoms with Gasteiger partial charge < -0.3 is 15.5 Å². The molecule has 0 atom stereocenters. The number of benzene rings is 1. The summed E-state index contributed by atoms with van der Waals surface area (Å²) in [4.78, 5) is 26.8. The van der Waals surface area contributed by atoms with E-state index in [1.54, 1.807) is 6.07 Å². The quantitative estimate of drug-likeness (QED) is 0.784. The minimum absolute atomic E-state index is 0.0649. The molecule has 0 aliphatic rings. The van der Waals surface area contributed by atoms with Crippen molar-refractivity contribution in [3.8, 4) is 5.75 Å². The Kier molecular flexibility index (Phi) is 4.54. The number of aromatic hydroxyl groups is 1. The lowest BCUT2D eigenvalue weighted by Crippen LogP contribution is -2.23. The largest absolute Gasteiger partial charge is 0.507 e. The molecule has 21 heavy (non-hydrogen) atoms. The number of aromatic carboxylic acids is 1. The zero-order chi connectivity index (χ0) is 15.4. The van der Waals surface area contributed by atoms with Crippen LogP contribution >= 0.6 is 15.9 Å². The molecule has 0 aliphatic heterocycles. The van der Waals surface area contributed by atoms with Crippen LogP contribution in [0.1, 0.15) is 26.4 Å². The molecule has 2 aromatic rings. The number of nitrogens with zero attached hydrogens (tertiary/aromatic N) is 1. The highest BCUT2D eigenvalue weighted by molar-refractivity contribution is 9.10. The first-order valence-electron chi connectivity index (χ1n) is 5.92. The molecule has 0 saturated heterocycles. The topological polar surface area (TPSA) is 99.5 Å². The molecule has 3 N–H and O–H groups in total. The van der Waals surface area contributed by atoms with Crippen molar-refractivity contribution in [2.45, 2.75) is 6.54 Å². The number of carboxylic acid groups (broad SMARTS) is 1. The molecule has 0 fully saturated rings. The van der Waals surface area contributed by atoms with E-state index < -0.39 is 11.9 Å². The average Bonchev–Trinajstić information content (AvgIpc) is 2.45. The Morgan fingerprint density at radius 2 is 2.00 bits per heavy atom. The third kappa shape index (κ3) is 3.79. The number of carbonyl (C=O) groups is 2. The number of hydrogen-bond acceptors (Lipinski definition) is 4. The van der Waals surface area contributed by atoms with Crippen molar-refractivity contribution in [2.24, 2.45) is 0 Å². The number of rotatable bonds is 4. The normalized spacial score (nSPS) is 10.1. The van der Waals surface area contributed by atoms with Crippen LogP contribution in [0.15, 0.2) is 41.0 Å². The maximum absolute atomic E-state index is 11.9. The molecular weight excluding hydrogens is 340 g/mol. The number of carboxylic acids is 1. The number of hydrogen-bond donors (Lipinski definition) is 3. The van der Waals surface area contributed by atoms with Gasteiger partial charge in [0.05, 0.1) is 23.4 Å². The Bertz CT molecular complexity index is 703. The van der Waals surface area contributed by atoms with E-state index in [1.165, 1.54) is 30.5 Å². The zero-order valence-corrected chi connectivity index (χ0v) is 12.3. The molecule has 0 aliphatic carbocycles. The molecule has 6 nitrogen and oxygen atoms in total. The first-order chi connectivity index (χ1) is 9.97. The number of carbonyl (C=O) groups excluding carboxylic acids is 1. The standard InChI is InChI=1S/C14H11BrN2O4/c15-9-1-2-11(12(18)6-9)13(19)17-7-10-5-8(14(20)21)3-4-16-10/h1-6,18H,7H2,(H,17,19)(H,20,21). The summed E-state index contributed by atoms with van der Waals surface area (Å²) in [5.41, 5.74) is 0.646. The lowest BCUT2D eigenvalue weighted by molar-refractivity contribution is 0.0696. The third-order valence-electron chi connectivity index (χ3n) is 2.70. The van der Waals surface area contributed by atoms with Gasteiger partial charge >= 0.3 is 5.97 Å². The Hall–Kier alpha value is -2.41. The second-order valence-corrected chi connectivity index (χ2v) is 5.10. The van der Waals surface area contributed by atoms with E-state index in [-0.39, 0.29) is 23.4 Å². The summed E-state index contributed by atoms with van der Waals surface area (Å²) in [5, 5.41) is 21.1. The minimum Gasteiger partial charge on any atom is -0.507 e. The maximum Gasteiger partial charge on any atom is 0.335 e. The maximum atomic E-state index is 11.9. The van der Waals surface area contributed by atoms with E-state index in [0.717, 1.165) is 0 Å². The number of amides is 1.